The number of benzene rings is 1. The molecule has 0 saturated carbocycles. The lowest BCUT2D eigenvalue weighted by atomic mass is 10.1. The third kappa shape index (κ3) is 2.39. The minimum Gasteiger partial charge on any atom is -0.479 e. The third-order valence-electron chi connectivity index (χ3n) is 1.57. The molecule has 2 N–H and O–H groups in total. The van der Waals surface area contributed by atoms with Gasteiger partial charge in [-0.05, 0) is 12.1 Å². The summed E-state index contributed by atoms with van der Waals surface area (Å²) in [5, 5.41) is 18.3. The van der Waals surface area contributed by atoms with Gasteiger partial charge in [-0.1, -0.05) is 39.1 Å². The van der Waals surface area contributed by atoms with Crippen LogP contribution >= 0.6 is 39.1 Å². The van der Waals surface area contributed by atoms with E-state index < -0.39 is 12.1 Å². The molecular weight excluding hydrogens is 295 g/mol. The van der Waals surface area contributed by atoms with E-state index in [1.807, 2.05) is 0 Å². The maximum atomic E-state index is 10.5. The van der Waals surface area contributed by atoms with E-state index in [1.165, 1.54) is 12.1 Å². The zero-order valence-corrected chi connectivity index (χ0v) is 9.77. The third-order valence-corrected chi connectivity index (χ3v) is 2.98. The van der Waals surface area contributed by atoms with Crippen LogP contribution in [0.4, 0.5) is 0 Å². The summed E-state index contributed by atoms with van der Waals surface area (Å²) in [6.45, 7) is 0. The number of rotatable bonds is 2. The van der Waals surface area contributed by atoms with Gasteiger partial charge in [-0.3, -0.25) is 0 Å². The Morgan fingerprint density at radius 3 is 2.36 bits per heavy atom. The number of hydrogen-bond donors (Lipinski definition) is 2. The quantitative estimate of drug-likeness (QED) is 0.826. The zero-order valence-electron chi connectivity index (χ0n) is 6.67. The minimum atomic E-state index is -1.61. The molecule has 0 spiro atoms. The molecular formula is C8H5BrCl2O3. The van der Waals surface area contributed by atoms with Crippen molar-refractivity contribution in [1.29, 1.82) is 0 Å². The van der Waals surface area contributed by atoms with Gasteiger partial charge in [-0.15, -0.1) is 0 Å². The molecule has 1 rings (SSSR count). The van der Waals surface area contributed by atoms with Gasteiger partial charge >= 0.3 is 5.97 Å². The van der Waals surface area contributed by atoms with Crippen molar-refractivity contribution in [2.45, 2.75) is 6.10 Å². The largest absolute Gasteiger partial charge is 0.479 e. The summed E-state index contributed by atoms with van der Waals surface area (Å²) in [5.41, 5.74) is 0.173. The number of halogens is 3. The molecule has 14 heavy (non-hydrogen) atoms. The molecule has 0 aliphatic heterocycles. The summed E-state index contributed by atoms with van der Waals surface area (Å²) in [5.74, 6) is -1.34. The minimum absolute atomic E-state index is 0.173. The molecule has 6 heteroatoms. The first-order valence-corrected chi connectivity index (χ1v) is 5.03. The van der Waals surface area contributed by atoms with Gasteiger partial charge in [0.15, 0.2) is 6.10 Å². The first-order valence-electron chi connectivity index (χ1n) is 3.48. The zero-order chi connectivity index (χ0) is 10.9. The second-order valence-corrected chi connectivity index (χ2v) is 4.20. The average Bonchev–Trinajstić information content (AvgIpc) is 2.10. The molecule has 1 aromatic carbocycles. The Morgan fingerprint density at radius 1 is 1.36 bits per heavy atom. The average molecular weight is 300 g/mol. The predicted octanol–water partition coefficient (Wildman–Crippen LogP) is 2.87. The van der Waals surface area contributed by atoms with Gasteiger partial charge in [0.1, 0.15) is 0 Å². The maximum absolute atomic E-state index is 10.5. The number of carboxylic acid groups (broad SMARTS) is 1. The van der Waals surface area contributed by atoms with Crippen molar-refractivity contribution >= 4 is 45.1 Å². The van der Waals surface area contributed by atoms with E-state index in [0.29, 0.717) is 9.50 Å². The van der Waals surface area contributed by atoms with Gasteiger partial charge in [-0.25, -0.2) is 4.79 Å². The standard InChI is InChI=1S/C8H5BrCl2O3/c9-4-2-6(11)5(10)1-3(4)7(12)8(13)14/h1-2,7,12H,(H,13,14). The second-order valence-electron chi connectivity index (χ2n) is 2.53. The number of carbonyl (C=O) groups is 1. The SMILES string of the molecule is O=C(O)C(O)c1cc(Cl)c(Cl)cc1Br. The monoisotopic (exact) mass is 298 g/mol. The van der Waals surface area contributed by atoms with E-state index in [1.54, 1.807) is 0 Å². The molecule has 0 amide bonds. The molecule has 0 aromatic heterocycles. The van der Waals surface area contributed by atoms with Crippen LogP contribution in [0, 0.1) is 0 Å². The topological polar surface area (TPSA) is 57.5 Å². The van der Waals surface area contributed by atoms with Crippen molar-refractivity contribution in [3.8, 4) is 0 Å². The Balaban J connectivity index is 3.22. The van der Waals surface area contributed by atoms with Gasteiger partial charge in [0.05, 0.1) is 10.0 Å². The van der Waals surface area contributed by atoms with E-state index in [2.05, 4.69) is 15.9 Å². The Bertz CT molecular complexity index is 381. The molecule has 0 fully saturated rings. The summed E-state index contributed by atoms with van der Waals surface area (Å²) in [7, 11) is 0. The molecule has 0 heterocycles. The molecule has 76 valence electrons. The van der Waals surface area contributed by atoms with Gasteiger partial charge < -0.3 is 10.2 Å². The highest BCUT2D eigenvalue weighted by molar-refractivity contribution is 9.10. The van der Waals surface area contributed by atoms with Crippen molar-refractivity contribution in [2.24, 2.45) is 0 Å². The van der Waals surface area contributed by atoms with Crippen molar-refractivity contribution in [3.63, 3.8) is 0 Å². The Hall–Kier alpha value is -0.290. The fourth-order valence-corrected chi connectivity index (χ4v) is 1.91. The predicted molar refractivity (Wildman–Crippen MR) is 56.8 cm³/mol. The van der Waals surface area contributed by atoms with E-state index >= 15 is 0 Å². The molecule has 0 aliphatic carbocycles. The molecule has 0 saturated heterocycles. The number of aliphatic hydroxyl groups is 1. The number of aliphatic hydroxyl groups excluding tert-OH is 1. The van der Waals surface area contributed by atoms with Gasteiger partial charge in [0.2, 0.25) is 0 Å². The first kappa shape index (κ1) is 11.8. The molecule has 3 nitrogen and oxygen atoms in total. The number of aliphatic carboxylic acids is 1. The summed E-state index contributed by atoms with van der Waals surface area (Å²) < 4.78 is 0.404. The van der Waals surface area contributed by atoms with E-state index in [4.69, 9.17) is 28.3 Å². The highest BCUT2D eigenvalue weighted by Gasteiger charge is 2.20. The van der Waals surface area contributed by atoms with Crippen molar-refractivity contribution < 1.29 is 15.0 Å². The molecule has 1 aromatic rings. The van der Waals surface area contributed by atoms with Crippen LogP contribution in [0.15, 0.2) is 16.6 Å². The lowest BCUT2D eigenvalue weighted by Crippen LogP contribution is -2.11. The Morgan fingerprint density at radius 2 is 1.86 bits per heavy atom. The van der Waals surface area contributed by atoms with Crippen LogP contribution in [0.2, 0.25) is 10.0 Å². The number of hydrogen-bond acceptors (Lipinski definition) is 2. The van der Waals surface area contributed by atoms with Gasteiger partial charge in [-0.2, -0.15) is 0 Å². The number of carboxylic acids is 1. The Kier molecular flexibility index (Phi) is 3.78. The van der Waals surface area contributed by atoms with Crippen LogP contribution in [0.25, 0.3) is 0 Å². The van der Waals surface area contributed by atoms with Crippen molar-refractivity contribution in [2.75, 3.05) is 0 Å². The molecule has 0 bridgehead atoms. The normalized spacial score (nSPS) is 12.6. The van der Waals surface area contributed by atoms with Crippen LogP contribution in [0.3, 0.4) is 0 Å². The van der Waals surface area contributed by atoms with Crippen LogP contribution < -0.4 is 0 Å². The molecule has 1 atom stereocenters. The van der Waals surface area contributed by atoms with Crippen LogP contribution in [0.1, 0.15) is 11.7 Å². The van der Waals surface area contributed by atoms with E-state index in [0.717, 1.165) is 0 Å². The van der Waals surface area contributed by atoms with Crippen molar-refractivity contribution in [3.05, 3.63) is 32.2 Å². The molecule has 1 unspecified atom stereocenters. The fraction of sp³-hybridized carbons (Fsp3) is 0.125. The summed E-state index contributed by atoms with van der Waals surface area (Å²) in [6, 6.07) is 2.75. The van der Waals surface area contributed by atoms with Crippen LogP contribution in [-0.2, 0) is 4.79 Å². The summed E-state index contributed by atoms with van der Waals surface area (Å²) >= 11 is 14.4. The highest BCUT2D eigenvalue weighted by Crippen LogP contribution is 2.32. The fourth-order valence-electron chi connectivity index (χ4n) is 0.881. The molecule has 0 aliphatic rings. The Labute approximate surface area is 98.4 Å². The van der Waals surface area contributed by atoms with E-state index in [9.17, 15) is 9.90 Å². The maximum Gasteiger partial charge on any atom is 0.337 e. The summed E-state index contributed by atoms with van der Waals surface area (Å²) in [4.78, 5) is 10.5. The van der Waals surface area contributed by atoms with Gasteiger partial charge in [0.25, 0.3) is 0 Å². The lowest BCUT2D eigenvalue weighted by Gasteiger charge is -2.09. The smallest absolute Gasteiger partial charge is 0.337 e. The summed E-state index contributed by atoms with van der Waals surface area (Å²) in [6.07, 6.45) is -1.61. The van der Waals surface area contributed by atoms with Gasteiger partial charge in [0, 0.05) is 10.0 Å². The van der Waals surface area contributed by atoms with Crippen LogP contribution in [0.5, 0.6) is 0 Å². The molecule has 0 radical (unpaired) electrons. The highest BCUT2D eigenvalue weighted by atomic mass is 79.9. The van der Waals surface area contributed by atoms with Crippen molar-refractivity contribution in [1.82, 2.24) is 0 Å². The first-order chi connectivity index (χ1) is 6.43. The van der Waals surface area contributed by atoms with E-state index in [-0.39, 0.29) is 10.6 Å². The van der Waals surface area contributed by atoms with Crippen LogP contribution in [-0.4, -0.2) is 16.2 Å². The lowest BCUT2D eigenvalue weighted by molar-refractivity contribution is -0.147. The second kappa shape index (κ2) is 4.49.